The molecule has 1 aromatic carbocycles. The lowest BCUT2D eigenvalue weighted by atomic mass is 9.65. The van der Waals surface area contributed by atoms with Crippen LogP contribution in [0.1, 0.15) is 31.2 Å². The van der Waals surface area contributed by atoms with Crippen LogP contribution in [0.25, 0.3) is 0 Å². The lowest BCUT2D eigenvalue weighted by molar-refractivity contribution is -0.144. The molecule has 0 spiro atoms. The summed E-state index contributed by atoms with van der Waals surface area (Å²) < 4.78 is 4.63. The summed E-state index contributed by atoms with van der Waals surface area (Å²) in [7, 11) is 1.28. The van der Waals surface area contributed by atoms with Gasteiger partial charge < -0.3 is 4.74 Å². The molecule has 0 saturated heterocycles. The number of halogens is 2. The molecule has 1 aromatic rings. The summed E-state index contributed by atoms with van der Waals surface area (Å²) >= 11 is 12.0. The molecule has 2 unspecified atom stereocenters. The molecule has 116 valence electrons. The van der Waals surface area contributed by atoms with Gasteiger partial charge >= 0.3 is 5.97 Å². The van der Waals surface area contributed by atoms with Gasteiger partial charge in [0, 0.05) is 12.3 Å². The highest BCUT2D eigenvalue weighted by Gasteiger charge is 2.42. The first kappa shape index (κ1) is 16.8. The number of rotatable bonds is 3. The SMILES string of the molecule is COC(=O)CC1CC(C#N)(c2ccc(Cl)c(Cl)c2)CCC1=O. The Morgan fingerprint density at radius 1 is 1.45 bits per heavy atom. The predicted molar refractivity (Wildman–Crippen MR) is 82.7 cm³/mol. The van der Waals surface area contributed by atoms with E-state index in [-0.39, 0.29) is 25.0 Å². The Bertz CT molecular complexity index is 653. The average molecular weight is 340 g/mol. The van der Waals surface area contributed by atoms with Gasteiger partial charge in [0.25, 0.3) is 0 Å². The molecular formula is C16H15Cl2NO3. The second kappa shape index (κ2) is 6.68. The van der Waals surface area contributed by atoms with Crippen molar-refractivity contribution in [3.63, 3.8) is 0 Å². The van der Waals surface area contributed by atoms with Crippen LogP contribution in [0.5, 0.6) is 0 Å². The Kier molecular flexibility index (Phi) is 5.10. The van der Waals surface area contributed by atoms with Gasteiger partial charge in [0.2, 0.25) is 0 Å². The monoisotopic (exact) mass is 339 g/mol. The highest BCUT2D eigenvalue weighted by Crippen LogP contribution is 2.42. The number of hydrogen-bond donors (Lipinski definition) is 0. The Morgan fingerprint density at radius 3 is 2.77 bits per heavy atom. The zero-order valence-electron chi connectivity index (χ0n) is 12.1. The molecule has 0 aliphatic heterocycles. The smallest absolute Gasteiger partial charge is 0.306 e. The van der Waals surface area contributed by atoms with Crippen molar-refractivity contribution in [1.29, 1.82) is 5.26 Å². The van der Waals surface area contributed by atoms with E-state index in [2.05, 4.69) is 10.8 Å². The van der Waals surface area contributed by atoms with Crippen molar-refractivity contribution >= 4 is 35.0 Å². The van der Waals surface area contributed by atoms with Gasteiger partial charge in [-0.05, 0) is 30.5 Å². The van der Waals surface area contributed by atoms with Crippen LogP contribution in [-0.4, -0.2) is 18.9 Å². The van der Waals surface area contributed by atoms with Gasteiger partial charge in [0.1, 0.15) is 5.78 Å². The van der Waals surface area contributed by atoms with Gasteiger partial charge in [-0.2, -0.15) is 5.26 Å². The van der Waals surface area contributed by atoms with Crippen molar-refractivity contribution in [2.24, 2.45) is 5.92 Å². The van der Waals surface area contributed by atoms with Crippen LogP contribution in [0.15, 0.2) is 18.2 Å². The molecule has 0 bridgehead atoms. The summed E-state index contributed by atoms with van der Waals surface area (Å²) in [6, 6.07) is 7.38. The zero-order chi connectivity index (χ0) is 16.3. The summed E-state index contributed by atoms with van der Waals surface area (Å²) in [5.74, 6) is -0.951. The van der Waals surface area contributed by atoms with Crippen LogP contribution >= 0.6 is 23.2 Å². The zero-order valence-corrected chi connectivity index (χ0v) is 13.6. The molecule has 4 nitrogen and oxygen atoms in total. The molecule has 0 heterocycles. The predicted octanol–water partition coefficient (Wildman–Crippen LogP) is 3.69. The van der Waals surface area contributed by atoms with E-state index in [1.54, 1.807) is 18.2 Å². The van der Waals surface area contributed by atoms with Crippen LogP contribution in [0.4, 0.5) is 0 Å². The number of ether oxygens (including phenoxy) is 1. The van der Waals surface area contributed by atoms with Gasteiger partial charge in [0.05, 0.1) is 35.1 Å². The summed E-state index contributed by atoms with van der Waals surface area (Å²) in [5, 5.41) is 10.5. The highest BCUT2D eigenvalue weighted by molar-refractivity contribution is 6.42. The number of nitriles is 1. The molecule has 2 rings (SSSR count). The number of carbonyl (C=O) groups is 2. The summed E-state index contributed by atoms with van der Waals surface area (Å²) in [4.78, 5) is 23.5. The second-order valence-corrected chi connectivity index (χ2v) is 6.28. The minimum Gasteiger partial charge on any atom is -0.469 e. The summed E-state index contributed by atoms with van der Waals surface area (Å²) in [5.41, 5.74) is -0.104. The third-order valence-corrected chi connectivity index (χ3v) is 4.91. The minimum atomic E-state index is -0.833. The molecule has 0 radical (unpaired) electrons. The number of ketones is 1. The molecule has 1 aliphatic rings. The Hall–Kier alpha value is -1.57. The number of methoxy groups -OCH3 is 1. The van der Waals surface area contributed by atoms with E-state index in [0.717, 1.165) is 5.56 Å². The fourth-order valence-electron chi connectivity index (χ4n) is 2.87. The van der Waals surface area contributed by atoms with E-state index in [4.69, 9.17) is 23.2 Å². The van der Waals surface area contributed by atoms with Crippen LogP contribution in [0.2, 0.25) is 10.0 Å². The molecule has 0 aromatic heterocycles. The molecule has 1 aliphatic carbocycles. The van der Waals surface area contributed by atoms with Gasteiger partial charge in [-0.25, -0.2) is 0 Å². The van der Waals surface area contributed by atoms with E-state index in [0.29, 0.717) is 16.5 Å². The maximum absolute atomic E-state index is 12.0. The molecular weight excluding hydrogens is 325 g/mol. The van der Waals surface area contributed by atoms with Crippen LogP contribution in [0.3, 0.4) is 0 Å². The third-order valence-electron chi connectivity index (χ3n) is 4.18. The molecule has 6 heteroatoms. The molecule has 1 saturated carbocycles. The first-order valence-electron chi connectivity index (χ1n) is 6.88. The van der Waals surface area contributed by atoms with Gasteiger partial charge in [-0.15, -0.1) is 0 Å². The van der Waals surface area contributed by atoms with Gasteiger partial charge in [-0.1, -0.05) is 29.3 Å². The first-order valence-corrected chi connectivity index (χ1v) is 7.64. The third kappa shape index (κ3) is 3.26. The maximum atomic E-state index is 12.0. The number of esters is 1. The van der Waals surface area contributed by atoms with Gasteiger partial charge in [0.15, 0.2) is 0 Å². The van der Waals surface area contributed by atoms with Crippen LogP contribution in [0, 0.1) is 17.2 Å². The van der Waals surface area contributed by atoms with Crippen molar-refractivity contribution in [2.75, 3.05) is 7.11 Å². The van der Waals surface area contributed by atoms with Crippen molar-refractivity contribution < 1.29 is 14.3 Å². The highest BCUT2D eigenvalue weighted by atomic mass is 35.5. The van der Waals surface area contributed by atoms with Crippen molar-refractivity contribution in [3.8, 4) is 6.07 Å². The Balaban J connectivity index is 2.33. The van der Waals surface area contributed by atoms with Crippen LogP contribution in [-0.2, 0) is 19.7 Å². The number of benzene rings is 1. The first-order chi connectivity index (χ1) is 10.4. The summed E-state index contributed by atoms with van der Waals surface area (Å²) in [6.07, 6.45) is 0.961. The van der Waals surface area contributed by atoms with E-state index < -0.39 is 17.3 Å². The number of carbonyl (C=O) groups excluding carboxylic acids is 2. The lowest BCUT2D eigenvalue weighted by Gasteiger charge is -2.35. The largest absolute Gasteiger partial charge is 0.469 e. The number of hydrogen-bond acceptors (Lipinski definition) is 4. The van der Waals surface area contributed by atoms with Crippen molar-refractivity contribution in [1.82, 2.24) is 0 Å². The van der Waals surface area contributed by atoms with Crippen LogP contribution < -0.4 is 0 Å². The van der Waals surface area contributed by atoms with E-state index in [9.17, 15) is 14.9 Å². The van der Waals surface area contributed by atoms with E-state index in [1.165, 1.54) is 7.11 Å². The topological polar surface area (TPSA) is 67.2 Å². The molecule has 22 heavy (non-hydrogen) atoms. The normalized spacial score (nSPS) is 24.6. The second-order valence-electron chi connectivity index (χ2n) is 5.47. The van der Waals surface area contributed by atoms with Crippen molar-refractivity contribution in [3.05, 3.63) is 33.8 Å². The fourth-order valence-corrected chi connectivity index (χ4v) is 3.17. The Labute approximate surface area is 139 Å². The number of nitrogens with zero attached hydrogens (tertiary/aromatic N) is 1. The molecule has 0 amide bonds. The Morgan fingerprint density at radius 2 is 2.18 bits per heavy atom. The fraction of sp³-hybridized carbons (Fsp3) is 0.438. The number of Topliss-reactive ketones (excluding diaryl/α,β-unsaturated/α-hetero) is 1. The van der Waals surface area contributed by atoms with E-state index in [1.807, 2.05) is 0 Å². The lowest BCUT2D eigenvalue weighted by Crippen LogP contribution is -2.37. The average Bonchev–Trinajstić information content (AvgIpc) is 2.52. The minimum absolute atomic E-state index is 0.0000845. The quantitative estimate of drug-likeness (QED) is 0.787. The maximum Gasteiger partial charge on any atom is 0.306 e. The standard InChI is InChI=1S/C16H15Cl2NO3/c1-22-15(21)6-10-8-16(9-19,5-4-14(10)20)11-2-3-12(17)13(18)7-11/h2-3,7,10H,4-6,8H2,1H3. The van der Waals surface area contributed by atoms with Gasteiger partial charge in [-0.3, -0.25) is 9.59 Å². The van der Waals surface area contributed by atoms with E-state index >= 15 is 0 Å². The summed E-state index contributed by atoms with van der Waals surface area (Å²) in [6.45, 7) is 0. The van der Waals surface area contributed by atoms with Crippen molar-refractivity contribution in [2.45, 2.75) is 31.1 Å². The molecule has 1 fully saturated rings. The molecule has 2 atom stereocenters. The molecule has 0 N–H and O–H groups in total.